The normalized spacial score (nSPS) is 13.5. The summed E-state index contributed by atoms with van der Waals surface area (Å²) < 4.78 is 33.0. The van der Waals surface area contributed by atoms with Crippen LogP contribution >= 0.6 is 0 Å². The summed E-state index contributed by atoms with van der Waals surface area (Å²) in [6.07, 6.45) is 5.38. The minimum Gasteiger partial charge on any atom is -0.497 e. The molecule has 0 spiro atoms. The van der Waals surface area contributed by atoms with Gasteiger partial charge in [-0.1, -0.05) is 0 Å². The molecule has 1 fully saturated rings. The average Bonchev–Trinajstić information content (AvgIpc) is 3.63. The first-order valence-electron chi connectivity index (χ1n) is 9.93. The Morgan fingerprint density at radius 1 is 1.03 bits per heavy atom. The fraction of sp³-hybridized carbons (Fsp3) is 0.217. The second-order valence-electron chi connectivity index (χ2n) is 7.38. The molecule has 8 heteroatoms. The lowest BCUT2D eigenvalue weighted by atomic mass is 10.1. The van der Waals surface area contributed by atoms with E-state index in [0.717, 1.165) is 18.4 Å². The fourth-order valence-corrected chi connectivity index (χ4v) is 4.31. The number of anilines is 1. The van der Waals surface area contributed by atoms with E-state index in [1.807, 2.05) is 17.0 Å². The van der Waals surface area contributed by atoms with Gasteiger partial charge in [0, 0.05) is 36.2 Å². The molecule has 3 aromatic rings. The summed E-state index contributed by atoms with van der Waals surface area (Å²) >= 11 is 0. The van der Waals surface area contributed by atoms with Crippen LogP contribution in [0.4, 0.5) is 5.69 Å². The molecule has 1 aromatic heterocycles. The lowest BCUT2D eigenvalue weighted by Crippen LogP contribution is -2.32. The van der Waals surface area contributed by atoms with E-state index in [1.54, 1.807) is 55.9 Å². The maximum absolute atomic E-state index is 13.1. The Labute approximate surface area is 181 Å². The number of nitrogens with zero attached hydrogens (tertiary/aromatic N) is 2. The van der Waals surface area contributed by atoms with Crippen LogP contribution in [0.3, 0.4) is 0 Å². The van der Waals surface area contributed by atoms with E-state index >= 15 is 0 Å². The van der Waals surface area contributed by atoms with Crippen molar-refractivity contribution in [2.75, 3.05) is 11.8 Å². The molecule has 1 saturated carbocycles. The highest BCUT2D eigenvalue weighted by atomic mass is 32.2. The molecule has 4 rings (SSSR count). The minimum atomic E-state index is -3.77. The molecule has 1 N–H and O–H groups in total. The number of hydrogen-bond acceptors (Lipinski definition) is 5. The number of ether oxygens (including phenoxy) is 1. The predicted octanol–water partition coefficient (Wildman–Crippen LogP) is 3.70. The molecule has 1 aliphatic rings. The van der Waals surface area contributed by atoms with E-state index in [0.29, 0.717) is 23.5 Å². The molecule has 1 aliphatic carbocycles. The van der Waals surface area contributed by atoms with Crippen molar-refractivity contribution in [1.82, 2.24) is 9.88 Å². The third kappa shape index (κ3) is 5.03. The smallest absolute Gasteiger partial charge is 0.261 e. The van der Waals surface area contributed by atoms with Gasteiger partial charge in [0.1, 0.15) is 5.75 Å². The maximum Gasteiger partial charge on any atom is 0.261 e. The monoisotopic (exact) mass is 437 g/mol. The van der Waals surface area contributed by atoms with Gasteiger partial charge in [-0.25, -0.2) is 8.42 Å². The number of methoxy groups -OCH3 is 1. The van der Waals surface area contributed by atoms with Crippen molar-refractivity contribution in [3.05, 3.63) is 84.2 Å². The van der Waals surface area contributed by atoms with E-state index in [-0.39, 0.29) is 16.8 Å². The van der Waals surface area contributed by atoms with Crippen LogP contribution < -0.4 is 9.46 Å². The molecule has 0 aliphatic heterocycles. The summed E-state index contributed by atoms with van der Waals surface area (Å²) in [6.45, 7) is 0.505. The molecule has 0 atom stereocenters. The fourth-order valence-electron chi connectivity index (χ4n) is 3.25. The number of sulfonamides is 1. The molecule has 0 bridgehead atoms. The number of benzene rings is 2. The predicted molar refractivity (Wildman–Crippen MR) is 117 cm³/mol. The molecule has 31 heavy (non-hydrogen) atoms. The molecule has 1 amide bonds. The number of pyridine rings is 1. The van der Waals surface area contributed by atoms with Gasteiger partial charge >= 0.3 is 0 Å². The van der Waals surface area contributed by atoms with Gasteiger partial charge in [-0.3, -0.25) is 14.5 Å². The van der Waals surface area contributed by atoms with Gasteiger partial charge < -0.3 is 9.64 Å². The van der Waals surface area contributed by atoms with Crippen LogP contribution in [0, 0.1) is 0 Å². The lowest BCUT2D eigenvalue weighted by molar-refractivity contribution is 0.0729. The van der Waals surface area contributed by atoms with Crippen molar-refractivity contribution < 1.29 is 17.9 Å². The van der Waals surface area contributed by atoms with Crippen molar-refractivity contribution in [1.29, 1.82) is 0 Å². The quantitative estimate of drug-likeness (QED) is 0.581. The first-order chi connectivity index (χ1) is 15.0. The summed E-state index contributed by atoms with van der Waals surface area (Å²) in [4.78, 5) is 19.0. The van der Waals surface area contributed by atoms with Gasteiger partial charge in [0.05, 0.1) is 12.0 Å². The van der Waals surface area contributed by atoms with Gasteiger partial charge in [-0.15, -0.1) is 0 Å². The number of amides is 1. The van der Waals surface area contributed by atoms with Crippen molar-refractivity contribution in [3.8, 4) is 5.75 Å². The Bertz CT molecular complexity index is 1140. The van der Waals surface area contributed by atoms with Crippen LogP contribution in [0.5, 0.6) is 5.75 Å². The van der Waals surface area contributed by atoms with Gasteiger partial charge in [0.2, 0.25) is 0 Å². The summed E-state index contributed by atoms with van der Waals surface area (Å²) in [5, 5.41) is 0. The third-order valence-corrected chi connectivity index (χ3v) is 6.50. The zero-order chi connectivity index (χ0) is 21.8. The molecule has 0 saturated heterocycles. The molecule has 0 unspecified atom stereocenters. The van der Waals surface area contributed by atoms with Crippen molar-refractivity contribution >= 4 is 21.6 Å². The summed E-state index contributed by atoms with van der Waals surface area (Å²) in [5.74, 6) is 0.532. The topological polar surface area (TPSA) is 88.6 Å². The van der Waals surface area contributed by atoms with Gasteiger partial charge in [-0.2, -0.15) is 0 Å². The number of nitrogens with one attached hydrogen (secondary N) is 1. The Kier molecular flexibility index (Phi) is 5.90. The minimum absolute atomic E-state index is 0.0898. The first kappa shape index (κ1) is 20.9. The molecular formula is C23H23N3O4S. The van der Waals surface area contributed by atoms with E-state index in [9.17, 15) is 13.2 Å². The average molecular weight is 438 g/mol. The standard InChI is InChI=1S/C23H23N3O4S/c1-30-21-8-4-19(5-9-21)25-31(28,29)22-10-2-18(3-11-22)23(27)26(20-6-7-20)16-17-12-14-24-15-13-17/h2-5,8-15,20,25H,6-7,16H2,1H3. The first-order valence-corrected chi connectivity index (χ1v) is 11.4. The molecule has 1 heterocycles. The van der Waals surface area contributed by atoms with E-state index in [1.165, 1.54) is 12.1 Å². The van der Waals surface area contributed by atoms with Crippen LogP contribution in [-0.2, 0) is 16.6 Å². The van der Waals surface area contributed by atoms with Crippen LogP contribution in [-0.4, -0.2) is 37.4 Å². The van der Waals surface area contributed by atoms with Gasteiger partial charge in [0.15, 0.2) is 0 Å². The van der Waals surface area contributed by atoms with E-state index in [2.05, 4.69) is 9.71 Å². The summed E-state index contributed by atoms with van der Waals surface area (Å²) in [7, 11) is -2.23. The number of hydrogen-bond donors (Lipinski definition) is 1. The zero-order valence-corrected chi connectivity index (χ0v) is 17.9. The van der Waals surface area contributed by atoms with Gasteiger partial charge in [-0.05, 0) is 79.1 Å². The van der Waals surface area contributed by atoms with Crippen molar-refractivity contribution in [3.63, 3.8) is 0 Å². The lowest BCUT2D eigenvalue weighted by Gasteiger charge is -2.22. The SMILES string of the molecule is COc1ccc(NS(=O)(=O)c2ccc(C(=O)N(Cc3ccncc3)C3CC3)cc2)cc1. The van der Waals surface area contributed by atoms with E-state index in [4.69, 9.17) is 4.74 Å². The second-order valence-corrected chi connectivity index (χ2v) is 9.06. The number of aromatic nitrogens is 1. The number of carbonyl (C=O) groups is 1. The Hall–Kier alpha value is -3.39. The highest BCUT2D eigenvalue weighted by Crippen LogP contribution is 2.30. The maximum atomic E-state index is 13.1. The van der Waals surface area contributed by atoms with Crippen molar-refractivity contribution in [2.24, 2.45) is 0 Å². The summed E-state index contributed by atoms with van der Waals surface area (Å²) in [6, 6.07) is 16.6. The Balaban J connectivity index is 1.48. The Morgan fingerprint density at radius 2 is 1.68 bits per heavy atom. The molecular weight excluding hydrogens is 414 g/mol. The molecule has 7 nitrogen and oxygen atoms in total. The third-order valence-electron chi connectivity index (χ3n) is 5.10. The van der Waals surface area contributed by atoms with Crippen molar-refractivity contribution in [2.45, 2.75) is 30.3 Å². The van der Waals surface area contributed by atoms with Crippen LogP contribution in [0.15, 0.2) is 78.0 Å². The number of carbonyl (C=O) groups excluding carboxylic acids is 1. The van der Waals surface area contributed by atoms with Crippen LogP contribution in [0.25, 0.3) is 0 Å². The highest BCUT2D eigenvalue weighted by molar-refractivity contribution is 7.92. The number of rotatable bonds is 8. The second kappa shape index (κ2) is 8.77. The molecule has 0 radical (unpaired) electrons. The van der Waals surface area contributed by atoms with Crippen LogP contribution in [0.2, 0.25) is 0 Å². The highest BCUT2D eigenvalue weighted by Gasteiger charge is 2.33. The Morgan fingerprint density at radius 3 is 2.26 bits per heavy atom. The zero-order valence-electron chi connectivity index (χ0n) is 17.1. The summed E-state index contributed by atoms with van der Waals surface area (Å²) in [5.41, 5.74) is 1.90. The van der Waals surface area contributed by atoms with Crippen LogP contribution in [0.1, 0.15) is 28.8 Å². The van der Waals surface area contributed by atoms with Gasteiger partial charge in [0.25, 0.3) is 15.9 Å². The largest absolute Gasteiger partial charge is 0.497 e. The van der Waals surface area contributed by atoms with E-state index < -0.39 is 10.0 Å². The molecule has 160 valence electrons. The molecule has 2 aromatic carbocycles.